The van der Waals surface area contributed by atoms with E-state index in [9.17, 15) is 14.9 Å². The molecule has 0 spiro atoms. The molecule has 0 unspecified atom stereocenters. The summed E-state index contributed by atoms with van der Waals surface area (Å²) in [5.74, 6) is 1.63. The molecule has 1 saturated heterocycles. The summed E-state index contributed by atoms with van der Waals surface area (Å²) in [5.41, 5.74) is 3.03. The lowest BCUT2D eigenvalue weighted by atomic mass is 9.85. The predicted octanol–water partition coefficient (Wildman–Crippen LogP) is 7.50. The van der Waals surface area contributed by atoms with E-state index < -0.39 is 10.9 Å². The molecule has 4 aromatic rings. The lowest BCUT2D eigenvalue weighted by molar-refractivity contribution is -0.384. The van der Waals surface area contributed by atoms with Gasteiger partial charge in [-0.1, -0.05) is 56.3 Å². The Kier molecular flexibility index (Phi) is 8.92. The summed E-state index contributed by atoms with van der Waals surface area (Å²) in [4.78, 5) is 23.1. The normalized spacial score (nSPS) is 19.4. The first kappa shape index (κ1) is 29.6. The molecule has 0 N–H and O–H groups in total. The lowest BCUT2D eigenvalue weighted by Crippen LogP contribution is -2.11. The minimum Gasteiger partial charge on any atom is -0.493 e. The van der Waals surface area contributed by atoms with Crippen LogP contribution in [0.2, 0.25) is 0 Å². The Bertz CT molecular complexity index is 1590. The first-order chi connectivity index (χ1) is 20.8. The number of carbonyl (C=O) groups excluding carboxylic acids is 1. The van der Waals surface area contributed by atoms with Crippen LogP contribution in [0.5, 0.6) is 23.0 Å². The van der Waals surface area contributed by atoms with Crippen LogP contribution in [0.1, 0.15) is 53.1 Å². The molecule has 9 heteroatoms. The molecule has 1 aliphatic heterocycles. The zero-order valence-corrected chi connectivity index (χ0v) is 24.4. The minimum atomic E-state index is -0.648. The molecule has 5 rings (SSSR count). The van der Waals surface area contributed by atoms with E-state index in [2.05, 4.69) is 13.8 Å². The second-order valence-electron chi connectivity index (χ2n) is 10.5. The molecule has 0 aromatic heterocycles. The third kappa shape index (κ3) is 6.47. The number of carbonyl (C=O) groups is 1. The van der Waals surface area contributed by atoms with Crippen LogP contribution in [-0.2, 0) is 11.3 Å². The summed E-state index contributed by atoms with van der Waals surface area (Å²) < 4.78 is 29.4. The number of nitro benzene ring substituents is 1. The number of nitro groups is 1. The van der Waals surface area contributed by atoms with Crippen LogP contribution in [0.15, 0.2) is 91.0 Å². The van der Waals surface area contributed by atoms with Gasteiger partial charge in [-0.2, -0.15) is 0 Å². The van der Waals surface area contributed by atoms with Crippen molar-refractivity contribution in [2.75, 3.05) is 14.2 Å². The Hall–Kier alpha value is -4.89. The zero-order valence-electron chi connectivity index (χ0n) is 24.4. The number of rotatable bonds is 10. The summed E-state index contributed by atoms with van der Waals surface area (Å²) in [6.07, 6.45) is -0.406. The molecule has 0 amide bonds. The maximum absolute atomic E-state index is 12.7. The van der Waals surface area contributed by atoms with Crippen molar-refractivity contribution in [1.82, 2.24) is 0 Å². The highest BCUT2D eigenvalue weighted by atomic mass is 16.6. The molecule has 1 aliphatic rings. The van der Waals surface area contributed by atoms with Crippen molar-refractivity contribution in [3.63, 3.8) is 0 Å². The Balaban J connectivity index is 1.30. The summed E-state index contributed by atoms with van der Waals surface area (Å²) in [7, 11) is 3.13. The highest BCUT2D eigenvalue weighted by Gasteiger charge is 2.41. The number of hydrogen-bond acceptors (Lipinski definition) is 8. The summed E-state index contributed by atoms with van der Waals surface area (Å²) in [6.45, 7) is 4.76. The van der Waals surface area contributed by atoms with Crippen LogP contribution in [0.3, 0.4) is 0 Å². The molecule has 0 saturated carbocycles. The average molecular weight is 584 g/mol. The Morgan fingerprint density at radius 1 is 0.767 bits per heavy atom. The first-order valence-electron chi connectivity index (χ1n) is 13.9. The van der Waals surface area contributed by atoms with E-state index in [-0.39, 0.29) is 41.0 Å². The largest absolute Gasteiger partial charge is 0.493 e. The van der Waals surface area contributed by atoms with Crippen molar-refractivity contribution < 1.29 is 33.4 Å². The van der Waals surface area contributed by atoms with Gasteiger partial charge < -0.3 is 23.7 Å². The number of benzene rings is 4. The smallest absolute Gasteiger partial charge is 0.343 e. The molecule has 4 aromatic carbocycles. The number of nitrogens with zero attached hydrogens (tertiary/aromatic N) is 1. The SMILES string of the molecule is COc1cc([C@H]2O[C@H](c3ccc(OC(=O)c4ccc([N+](=O)[O-])cc4)c(OC)c3)[C@H](C)[C@H]2C)ccc1OCc1ccccc1. The summed E-state index contributed by atoms with van der Waals surface area (Å²) in [6, 6.07) is 26.4. The number of non-ortho nitro benzene ring substituents is 1. The van der Waals surface area contributed by atoms with Gasteiger partial charge in [-0.25, -0.2) is 4.79 Å². The quantitative estimate of drug-likeness (QED) is 0.0818. The van der Waals surface area contributed by atoms with E-state index in [1.165, 1.54) is 31.4 Å². The van der Waals surface area contributed by atoms with Crippen molar-refractivity contribution in [2.24, 2.45) is 11.8 Å². The minimum absolute atomic E-state index is 0.109. The maximum Gasteiger partial charge on any atom is 0.343 e. The van der Waals surface area contributed by atoms with Crippen LogP contribution < -0.4 is 18.9 Å². The fourth-order valence-corrected chi connectivity index (χ4v) is 5.26. The van der Waals surface area contributed by atoms with E-state index in [1.807, 2.05) is 60.7 Å². The van der Waals surface area contributed by atoms with Crippen molar-refractivity contribution in [3.8, 4) is 23.0 Å². The Labute approximate surface area is 250 Å². The first-order valence-corrected chi connectivity index (χ1v) is 13.9. The lowest BCUT2D eigenvalue weighted by Gasteiger charge is -2.19. The standard InChI is InChI=1S/C34H33NO8/c1-21-22(2)33(43-32(21)25-12-16-28(30(18-25)39-3)41-20-23-8-6-5-7-9-23)26-13-17-29(31(19-26)40-4)42-34(36)24-10-14-27(15-11-24)35(37)38/h5-19,21-22,32-33H,20H2,1-4H3/t21-,22-,32+,33+/m1/s1. The van der Waals surface area contributed by atoms with Crippen LogP contribution in [0.4, 0.5) is 5.69 Å². The van der Waals surface area contributed by atoms with E-state index in [1.54, 1.807) is 13.2 Å². The van der Waals surface area contributed by atoms with E-state index in [4.69, 9.17) is 23.7 Å². The molecule has 1 fully saturated rings. The molecule has 0 radical (unpaired) electrons. The fraction of sp³-hybridized carbons (Fsp3) is 0.265. The molecule has 0 aliphatic carbocycles. The van der Waals surface area contributed by atoms with Gasteiger partial charge >= 0.3 is 5.97 Å². The number of hydrogen-bond donors (Lipinski definition) is 0. The van der Waals surface area contributed by atoms with Gasteiger partial charge in [-0.3, -0.25) is 10.1 Å². The van der Waals surface area contributed by atoms with Crippen molar-refractivity contribution in [1.29, 1.82) is 0 Å². The summed E-state index contributed by atoms with van der Waals surface area (Å²) >= 11 is 0. The average Bonchev–Trinajstić information content (AvgIpc) is 3.34. The van der Waals surface area contributed by atoms with Crippen molar-refractivity contribution >= 4 is 11.7 Å². The topological polar surface area (TPSA) is 106 Å². The van der Waals surface area contributed by atoms with Crippen molar-refractivity contribution in [2.45, 2.75) is 32.7 Å². The molecule has 4 atom stereocenters. The Morgan fingerprint density at radius 2 is 1.33 bits per heavy atom. The maximum atomic E-state index is 12.7. The van der Waals surface area contributed by atoms with Gasteiger partial charge in [0.2, 0.25) is 0 Å². The van der Waals surface area contributed by atoms with Gasteiger partial charge in [0.15, 0.2) is 23.0 Å². The predicted molar refractivity (Wildman–Crippen MR) is 160 cm³/mol. The fourth-order valence-electron chi connectivity index (χ4n) is 5.26. The molecule has 0 bridgehead atoms. The van der Waals surface area contributed by atoms with Gasteiger partial charge in [-0.05, 0) is 64.9 Å². The molecule has 222 valence electrons. The van der Waals surface area contributed by atoms with Crippen LogP contribution in [0.25, 0.3) is 0 Å². The second-order valence-corrected chi connectivity index (χ2v) is 10.5. The number of methoxy groups -OCH3 is 2. The van der Waals surface area contributed by atoms with Crippen LogP contribution >= 0.6 is 0 Å². The molecule has 43 heavy (non-hydrogen) atoms. The van der Waals surface area contributed by atoms with Gasteiger partial charge in [-0.15, -0.1) is 0 Å². The third-order valence-corrected chi connectivity index (χ3v) is 7.86. The van der Waals surface area contributed by atoms with Crippen LogP contribution in [0, 0.1) is 22.0 Å². The second kappa shape index (κ2) is 13.0. The number of ether oxygens (including phenoxy) is 5. The molecular formula is C34H33NO8. The molecule has 1 heterocycles. The third-order valence-electron chi connectivity index (χ3n) is 7.86. The van der Waals surface area contributed by atoms with Gasteiger partial charge in [0.05, 0.1) is 36.9 Å². The van der Waals surface area contributed by atoms with Gasteiger partial charge in [0.25, 0.3) is 5.69 Å². The summed E-state index contributed by atoms with van der Waals surface area (Å²) in [5, 5.41) is 10.9. The van der Waals surface area contributed by atoms with Gasteiger partial charge in [0.1, 0.15) is 6.61 Å². The Morgan fingerprint density at radius 3 is 1.88 bits per heavy atom. The van der Waals surface area contributed by atoms with E-state index in [0.717, 1.165) is 16.7 Å². The highest BCUT2D eigenvalue weighted by molar-refractivity contribution is 5.91. The van der Waals surface area contributed by atoms with Gasteiger partial charge in [0, 0.05) is 12.1 Å². The highest BCUT2D eigenvalue weighted by Crippen LogP contribution is 2.50. The molecular weight excluding hydrogens is 550 g/mol. The van der Waals surface area contributed by atoms with E-state index >= 15 is 0 Å². The number of esters is 1. The van der Waals surface area contributed by atoms with E-state index in [0.29, 0.717) is 23.9 Å². The van der Waals surface area contributed by atoms with Crippen molar-refractivity contribution in [3.05, 3.63) is 123 Å². The van der Waals surface area contributed by atoms with Crippen LogP contribution in [-0.4, -0.2) is 25.1 Å². The monoisotopic (exact) mass is 583 g/mol. The zero-order chi connectivity index (χ0) is 30.5. The molecule has 9 nitrogen and oxygen atoms in total.